The molecule has 1 aromatic rings. The number of likely N-dealkylation sites (tertiary alicyclic amines) is 2. The van der Waals surface area contributed by atoms with Crippen LogP contribution in [0.25, 0.3) is 0 Å². The number of nitrogens with zero attached hydrogens (tertiary/aromatic N) is 2. The second kappa shape index (κ2) is 4.80. The van der Waals surface area contributed by atoms with Crippen molar-refractivity contribution in [3.8, 4) is 0 Å². The maximum absolute atomic E-state index is 12.8. The van der Waals surface area contributed by atoms with Crippen LogP contribution in [0.4, 0.5) is 0 Å². The number of likely N-dealkylation sites (N-methyl/N-ethyl adjacent to an activating group) is 1. The highest BCUT2D eigenvalue weighted by Crippen LogP contribution is 2.54. The fourth-order valence-electron chi connectivity index (χ4n) is 4.34. The SMILES string of the molecule is C[N+]1(O)CC2(CC[C@H]1C(=O)N1CC(c3ccccc3)C1)CC2. The zero-order valence-electron chi connectivity index (χ0n) is 13.2. The summed E-state index contributed by atoms with van der Waals surface area (Å²) in [6.45, 7) is 2.34. The van der Waals surface area contributed by atoms with Gasteiger partial charge in [-0.1, -0.05) is 30.3 Å². The molecule has 2 heterocycles. The van der Waals surface area contributed by atoms with Crippen LogP contribution in [0, 0.1) is 5.41 Å². The van der Waals surface area contributed by atoms with Gasteiger partial charge in [0, 0.05) is 30.8 Å². The second-order valence-electron chi connectivity index (χ2n) is 7.78. The molecule has 1 spiro atoms. The van der Waals surface area contributed by atoms with Gasteiger partial charge in [-0.2, -0.15) is 4.65 Å². The highest BCUT2D eigenvalue weighted by Gasteiger charge is 2.57. The lowest BCUT2D eigenvalue weighted by atomic mass is 9.87. The Kier molecular flexibility index (Phi) is 3.10. The second-order valence-corrected chi connectivity index (χ2v) is 7.78. The molecule has 2 saturated heterocycles. The molecule has 0 radical (unpaired) electrons. The molecule has 4 heteroatoms. The van der Waals surface area contributed by atoms with Crippen molar-refractivity contribution in [2.24, 2.45) is 5.41 Å². The van der Waals surface area contributed by atoms with E-state index in [1.807, 2.05) is 18.0 Å². The van der Waals surface area contributed by atoms with Crippen molar-refractivity contribution in [1.29, 1.82) is 0 Å². The molecule has 1 saturated carbocycles. The number of amides is 1. The maximum Gasteiger partial charge on any atom is 0.284 e. The molecule has 1 aromatic carbocycles. The lowest BCUT2D eigenvalue weighted by molar-refractivity contribution is -1.11. The number of rotatable bonds is 2. The monoisotopic (exact) mass is 301 g/mol. The Morgan fingerprint density at radius 2 is 1.91 bits per heavy atom. The Labute approximate surface area is 131 Å². The number of quaternary nitrogens is 1. The van der Waals surface area contributed by atoms with Gasteiger partial charge in [0.05, 0.1) is 7.05 Å². The van der Waals surface area contributed by atoms with Crippen molar-refractivity contribution in [2.45, 2.75) is 37.6 Å². The Balaban J connectivity index is 1.39. The number of carbonyl (C=O) groups is 1. The number of hydrogen-bond donors (Lipinski definition) is 1. The minimum atomic E-state index is -0.261. The fourth-order valence-corrected chi connectivity index (χ4v) is 4.34. The highest BCUT2D eigenvalue weighted by atomic mass is 16.5. The molecule has 1 N–H and O–H groups in total. The minimum Gasteiger partial charge on any atom is -0.336 e. The van der Waals surface area contributed by atoms with E-state index in [2.05, 4.69) is 24.3 Å². The third-order valence-corrected chi connectivity index (χ3v) is 5.98. The molecule has 22 heavy (non-hydrogen) atoms. The molecule has 118 valence electrons. The number of hydrogen-bond acceptors (Lipinski definition) is 2. The van der Waals surface area contributed by atoms with E-state index in [0.717, 1.165) is 32.5 Å². The van der Waals surface area contributed by atoms with Crippen LogP contribution in [0.5, 0.6) is 0 Å². The van der Waals surface area contributed by atoms with Gasteiger partial charge in [-0.05, 0) is 24.8 Å². The van der Waals surface area contributed by atoms with Gasteiger partial charge in [-0.3, -0.25) is 4.79 Å². The molecule has 2 aliphatic heterocycles. The Morgan fingerprint density at radius 1 is 1.23 bits per heavy atom. The van der Waals surface area contributed by atoms with Crippen LogP contribution in [-0.2, 0) is 4.79 Å². The van der Waals surface area contributed by atoms with E-state index in [-0.39, 0.29) is 16.6 Å². The number of carbonyl (C=O) groups excluding carboxylic acids is 1. The molecule has 1 amide bonds. The maximum atomic E-state index is 12.8. The van der Waals surface area contributed by atoms with Crippen molar-refractivity contribution < 1.29 is 14.6 Å². The zero-order valence-corrected chi connectivity index (χ0v) is 13.2. The van der Waals surface area contributed by atoms with E-state index >= 15 is 0 Å². The van der Waals surface area contributed by atoms with Crippen LogP contribution in [0.3, 0.4) is 0 Å². The van der Waals surface area contributed by atoms with Crippen LogP contribution in [0.2, 0.25) is 0 Å². The molecule has 1 aliphatic carbocycles. The molecule has 0 aromatic heterocycles. The predicted octanol–water partition coefficient (Wildman–Crippen LogP) is 2.39. The summed E-state index contributed by atoms with van der Waals surface area (Å²) in [4.78, 5) is 14.7. The van der Waals surface area contributed by atoms with Gasteiger partial charge in [-0.25, -0.2) is 5.21 Å². The summed E-state index contributed by atoms with van der Waals surface area (Å²) in [6, 6.07) is 10.1. The van der Waals surface area contributed by atoms with E-state index in [1.165, 1.54) is 18.4 Å². The van der Waals surface area contributed by atoms with E-state index in [9.17, 15) is 10.0 Å². The first-order chi connectivity index (χ1) is 10.5. The van der Waals surface area contributed by atoms with Crippen molar-refractivity contribution >= 4 is 5.91 Å². The van der Waals surface area contributed by atoms with Gasteiger partial charge in [0.15, 0.2) is 6.04 Å². The zero-order chi connectivity index (χ0) is 15.4. The van der Waals surface area contributed by atoms with Crippen molar-refractivity contribution in [3.05, 3.63) is 35.9 Å². The van der Waals surface area contributed by atoms with Crippen LogP contribution in [0.1, 0.15) is 37.2 Å². The molecular formula is C18H25N2O2+. The summed E-state index contributed by atoms with van der Waals surface area (Å²) in [6.07, 6.45) is 4.39. The van der Waals surface area contributed by atoms with E-state index in [0.29, 0.717) is 11.3 Å². The molecule has 4 rings (SSSR count). The molecule has 1 unspecified atom stereocenters. The Bertz CT molecular complexity index is 574. The lowest BCUT2D eigenvalue weighted by Gasteiger charge is -2.46. The molecular weight excluding hydrogens is 276 g/mol. The van der Waals surface area contributed by atoms with E-state index < -0.39 is 0 Å². The van der Waals surface area contributed by atoms with Gasteiger partial charge in [0.25, 0.3) is 5.91 Å². The van der Waals surface area contributed by atoms with Crippen LogP contribution in [-0.4, -0.2) is 53.4 Å². The standard InChI is InChI=1S/C18H25N2O2/c1-20(22)13-18(9-10-18)8-7-16(20)17(21)19-11-15(12-19)14-5-3-2-4-6-14/h2-6,15-16,22H,7-13H2,1H3/q+1/t16-,20?/m0/s1. The van der Waals surface area contributed by atoms with E-state index in [4.69, 9.17) is 0 Å². The molecule has 2 atom stereocenters. The van der Waals surface area contributed by atoms with Gasteiger partial charge in [0.2, 0.25) is 0 Å². The number of piperidine rings is 1. The van der Waals surface area contributed by atoms with Crippen LogP contribution in [0.15, 0.2) is 30.3 Å². The lowest BCUT2D eigenvalue weighted by Crippen LogP contribution is -2.64. The number of benzene rings is 1. The Hall–Kier alpha value is -1.39. The summed E-state index contributed by atoms with van der Waals surface area (Å²) in [5.74, 6) is 0.605. The van der Waals surface area contributed by atoms with Crippen molar-refractivity contribution in [2.75, 3.05) is 26.7 Å². The first-order valence-corrected chi connectivity index (χ1v) is 8.41. The smallest absolute Gasteiger partial charge is 0.284 e. The quantitative estimate of drug-likeness (QED) is 0.852. The predicted molar refractivity (Wildman–Crippen MR) is 83.3 cm³/mol. The summed E-state index contributed by atoms with van der Waals surface area (Å²) >= 11 is 0. The van der Waals surface area contributed by atoms with Gasteiger partial charge < -0.3 is 4.90 Å². The molecule has 3 aliphatic rings. The summed E-state index contributed by atoms with van der Waals surface area (Å²) < 4.78 is -0.106. The average molecular weight is 301 g/mol. The van der Waals surface area contributed by atoms with Gasteiger partial charge in [-0.15, -0.1) is 0 Å². The molecule has 0 bridgehead atoms. The Morgan fingerprint density at radius 3 is 2.50 bits per heavy atom. The fraction of sp³-hybridized carbons (Fsp3) is 0.611. The van der Waals surface area contributed by atoms with Gasteiger partial charge in [0.1, 0.15) is 6.54 Å². The topological polar surface area (TPSA) is 40.5 Å². The third-order valence-electron chi connectivity index (χ3n) is 5.98. The average Bonchev–Trinajstić information content (AvgIpc) is 3.16. The summed E-state index contributed by atoms with van der Waals surface area (Å²) in [7, 11) is 1.82. The van der Waals surface area contributed by atoms with Crippen LogP contribution >= 0.6 is 0 Å². The largest absolute Gasteiger partial charge is 0.336 e. The van der Waals surface area contributed by atoms with Crippen molar-refractivity contribution in [1.82, 2.24) is 4.90 Å². The minimum absolute atomic E-state index is 0.106. The first kappa shape index (κ1) is 14.2. The normalized spacial score (nSPS) is 33.5. The van der Waals surface area contributed by atoms with Crippen molar-refractivity contribution in [3.63, 3.8) is 0 Å². The first-order valence-electron chi connectivity index (χ1n) is 8.41. The highest BCUT2D eigenvalue weighted by molar-refractivity contribution is 5.82. The van der Waals surface area contributed by atoms with E-state index in [1.54, 1.807) is 0 Å². The third kappa shape index (κ3) is 2.34. The summed E-state index contributed by atoms with van der Waals surface area (Å²) in [5, 5.41) is 10.7. The number of hydroxylamine groups is 3. The molecule has 3 fully saturated rings. The summed E-state index contributed by atoms with van der Waals surface area (Å²) in [5.41, 5.74) is 1.66. The van der Waals surface area contributed by atoms with Gasteiger partial charge >= 0.3 is 0 Å². The van der Waals surface area contributed by atoms with Crippen LogP contribution < -0.4 is 0 Å². The molecule has 4 nitrogen and oxygen atoms in total.